The number of hydrogen-bond donors (Lipinski definition) is 2. The monoisotopic (exact) mass is 267 g/mol. The highest BCUT2D eigenvalue weighted by Crippen LogP contribution is 1.97. The van der Waals surface area contributed by atoms with Gasteiger partial charge < -0.3 is 9.84 Å². The molecule has 0 aliphatic rings. The minimum atomic E-state index is -3.43. The van der Waals surface area contributed by atoms with Crippen LogP contribution in [0.15, 0.2) is 0 Å². The zero-order valence-corrected chi connectivity index (χ0v) is 10.5. The Hall–Kier alpha value is -1.15. The summed E-state index contributed by atoms with van der Waals surface area (Å²) in [6.07, 6.45) is 0.393. The molecule has 0 atom stereocenters. The van der Waals surface area contributed by atoms with E-state index in [0.717, 1.165) is 0 Å². The number of carboxylic acid groups (broad SMARTS) is 1. The molecule has 0 aliphatic carbocycles. The van der Waals surface area contributed by atoms with Gasteiger partial charge in [-0.15, -0.1) is 0 Å². The van der Waals surface area contributed by atoms with Crippen LogP contribution >= 0.6 is 0 Å². The molecular formula is C9H17NO6S. The number of carbonyl (C=O) groups is 2. The Labute approximate surface area is 100 Å². The van der Waals surface area contributed by atoms with E-state index in [-0.39, 0.29) is 38.0 Å². The van der Waals surface area contributed by atoms with Crippen molar-refractivity contribution in [3.05, 3.63) is 0 Å². The first-order chi connectivity index (χ1) is 7.87. The lowest BCUT2D eigenvalue weighted by atomic mass is 10.3. The molecule has 0 bridgehead atoms. The van der Waals surface area contributed by atoms with Crippen LogP contribution in [0.25, 0.3) is 0 Å². The van der Waals surface area contributed by atoms with Crippen LogP contribution in [0.3, 0.4) is 0 Å². The molecule has 0 aromatic rings. The van der Waals surface area contributed by atoms with Crippen LogP contribution in [0.2, 0.25) is 0 Å². The average molecular weight is 267 g/mol. The van der Waals surface area contributed by atoms with E-state index in [0.29, 0.717) is 0 Å². The lowest BCUT2D eigenvalue weighted by Crippen LogP contribution is -2.28. The van der Waals surface area contributed by atoms with Crippen molar-refractivity contribution in [2.24, 2.45) is 0 Å². The van der Waals surface area contributed by atoms with E-state index in [9.17, 15) is 18.0 Å². The largest absolute Gasteiger partial charge is 0.481 e. The van der Waals surface area contributed by atoms with Crippen molar-refractivity contribution in [3.63, 3.8) is 0 Å². The SMILES string of the molecule is COC(=O)CCCS(=O)(=O)NCCCC(=O)O. The van der Waals surface area contributed by atoms with E-state index in [2.05, 4.69) is 9.46 Å². The maximum atomic E-state index is 11.3. The summed E-state index contributed by atoms with van der Waals surface area (Å²) < 4.78 is 29.3. The smallest absolute Gasteiger partial charge is 0.305 e. The fraction of sp³-hybridized carbons (Fsp3) is 0.778. The van der Waals surface area contributed by atoms with Crippen molar-refractivity contribution in [2.75, 3.05) is 19.4 Å². The second-order valence-corrected chi connectivity index (χ2v) is 5.32. The molecule has 0 heterocycles. The third kappa shape index (κ3) is 9.76. The van der Waals surface area contributed by atoms with Gasteiger partial charge in [0.15, 0.2) is 0 Å². The van der Waals surface area contributed by atoms with Gasteiger partial charge in [-0.3, -0.25) is 9.59 Å². The van der Waals surface area contributed by atoms with E-state index < -0.39 is 22.0 Å². The second-order valence-electron chi connectivity index (χ2n) is 3.39. The normalized spacial score (nSPS) is 11.1. The summed E-state index contributed by atoms with van der Waals surface area (Å²) in [6.45, 7) is 0.0901. The van der Waals surface area contributed by atoms with Crippen LogP contribution in [-0.2, 0) is 24.3 Å². The molecule has 0 saturated carbocycles. The van der Waals surface area contributed by atoms with Gasteiger partial charge >= 0.3 is 11.9 Å². The molecule has 0 rings (SSSR count). The lowest BCUT2D eigenvalue weighted by Gasteiger charge is -2.05. The summed E-state index contributed by atoms with van der Waals surface area (Å²) in [5, 5.41) is 8.34. The molecule has 8 heteroatoms. The van der Waals surface area contributed by atoms with Crippen molar-refractivity contribution in [2.45, 2.75) is 25.7 Å². The van der Waals surface area contributed by atoms with E-state index in [1.54, 1.807) is 0 Å². The zero-order chi connectivity index (χ0) is 13.3. The minimum Gasteiger partial charge on any atom is -0.481 e. The molecular weight excluding hydrogens is 250 g/mol. The molecule has 0 radical (unpaired) electrons. The summed E-state index contributed by atoms with van der Waals surface area (Å²) in [4.78, 5) is 20.9. The lowest BCUT2D eigenvalue weighted by molar-refractivity contribution is -0.140. The highest BCUT2D eigenvalue weighted by Gasteiger charge is 2.11. The maximum Gasteiger partial charge on any atom is 0.305 e. The third-order valence-electron chi connectivity index (χ3n) is 1.91. The Kier molecular flexibility index (Phi) is 7.47. The van der Waals surface area contributed by atoms with Gasteiger partial charge in [0.05, 0.1) is 12.9 Å². The van der Waals surface area contributed by atoms with Crippen molar-refractivity contribution >= 4 is 22.0 Å². The van der Waals surface area contributed by atoms with Crippen LogP contribution < -0.4 is 4.72 Å². The number of aliphatic carboxylic acids is 1. The molecule has 0 aliphatic heterocycles. The van der Waals surface area contributed by atoms with Crippen LogP contribution in [0, 0.1) is 0 Å². The fourth-order valence-corrected chi connectivity index (χ4v) is 2.17. The van der Waals surface area contributed by atoms with Gasteiger partial charge in [-0.2, -0.15) is 0 Å². The van der Waals surface area contributed by atoms with Gasteiger partial charge in [-0.05, 0) is 12.8 Å². The molecule has 100 valence electrons. The first-order valence-corrected chi connectivity index (χ1v) is 6.78. The molecule has 7 nitrogen and oxygen atoms in total. The Morgan fingerprint density at radius 3 is 2.41 bits per heavy atom. The summed E-state index contributed by atoms with van der Waals surface area (Å²) in [5.74, 6) is -1.59. The maximum absolute atomic E-state index is 11.3. The number of carboxylic acids is 1. The number of methoxy groups -OCH3 is 1. The van der Waals surface area contributed by atoms with Crippen LogP contribution in [-0.4, -0.2) is 44.9 Å². The number of rotatable bonds is 9. The molecule has 0 fully saturated rings. The fourth-order valence-electron chi connectivity index (χ4n) is 1.05. The number of carbonyl (C=O) groups excluding carboxylic acids is 1. The summed E-state index contributed by atoms with van der Waals surface area (Å²) in [5.41, 5.74) is 0. The van der Waals surface area contributed by atoms with Gasteiger partial charge in [0.2, 0.25) is 10.0 Å². The van der Waals surface area contributed by atoms with Crippen molar-refractivity contribution in [3.8, 4) is 0 Å². The Morgan fingerprint density at radius 1 is 1.24 bits per heavy atom. The number of nitrogens with one attached hydrogen (secondary N) is 1. The highest BCUT2D eigenvalue weighted by molar-refractivity contribution is 7.89. The van der Waals surface area contributed by atoms with Gasteiger partial charge in [0, 0.05) is 19.4 Å². The standard InChI is InChI=1S/C9H17NO6S/c1-16-9(13)5-3-7-17(14,15)10-6-2-4-8(11)12/h10H,2-7H2,1H3,(H,11,12). The van der Waals surface area contributed by atoms with Crippen LogP contribution in [0.1, 0.15) is 25.7 Å². The topological polar surface area (TPSA) is 110 Å². The molecule has 0 unspecified atom stereocenters. The van der Waals surface area contributed by atoms with E-state index in [4.69, 9.17) is 5.11 Å². The quantitative estimate of drug-likeness (QED) is 0.439. The average Bonchev–Trinajstić information content (AvgIpc) is 2.23. The predicted octanol–water partition coefficient (Wildman–Crippen LogP) is -0.276. The van der Waals surface area contributed by atoms with Gasteiger partial charge in [0.1, 0.15) is 0 Å². The molecule has 0 aromatic carbocycles. The van der Waals surface area contributed by atoms with E-state index in [1.165, 1.54) is 7.11 Å². The minimum absolute atomic E-state index is 0.0482. The second kappa shape index (κ2) is 8.02. The van der Waals surface area contributed by atoms with Gasteiger partial charge in [-0.1, -0.05) is 0 Å². The number of hydrogen-bond acceptors (Lipinski definition) is 5. The van der Waals surface area contributed by atoms with Crippen molar-refractivity contribution < 1.29 is 27.9 Å². The van der Waals surface area contributed by atoms with Crippen molar-refractivity contribution in [1.29, 1.82) is 0 Å². The summed E-state index contributed by atoms with van der Waals surface area (Å²) >= 11 is 0. The Morgan fingerprint density at radius 2 is 1.88 bits per heavy atom. The van der Waals surface area contributed by atoms with E-state index in [1.807, 2.05) is 0 Å². The first kappa shape index (κ1) is 15.9. The van der Waals surface area contributed by atoms with Crippen LogP contribution in [0.5, 0.6) is 0 Å². The first-order valence-electron chi connectivity index (χ1n) is 5.13. The number of sulfonamides is 1. The molecule has 0 saturated heterocycles. The zero-order valence-electron chi connectivity index (χ0n) is 9.64. The van der Waals surface area contributed by atoms with Crippen molar-refractivity contribution in [1.82, 2.24) is 4.72 Å². The third-order valence-corrected chi connectivity index (χ3v) is 3.38. The number of ether oxygens (including phenoxy) is 1. The van der Waals surface area contributed by atoms with Crippen LogP contribution in [0.4, 0.5) is 0 Å². The Balaban J connectivity index is 3.73. The molecule has 2 N–H and O–H groups in total. The Bertz CT molecular complexity index is 350. The predicted molar refractivity (Wildman–Crippen MR) is 59.9 cm³/mol. The highest BCUT2D eigenvalue weighted by atomic mass is 32.2. The summed E-state index contributed by atoms with van der Waals surface area (Å²) in [6, 6.07) is 0. The summed E-state index contributed by atoms with van der Waals surface area (Å²) in [7, 11) is -2.20. The molecule has 17 heavy (non-hydrogen) atoms. The number of esters is 1. The molecule has 0 amide bonds. The molecule has 0 aromatic heterocycles. The molecule has 0 spiro atoms. The van der Waals surface area contributed by atoms with Gasteiger partial charge in [0.25, 0.3) is 0 Å². The van der Waals surface area contributed by atoms with E-state index >= 15 is 0 Å². The van der Waals surface area contributed by atoms with Gasteiger partial charge in [-0.25, -0.2) is 13.1 Å².